The minimum absolute atomic E-state index is 0.600. The van der Waals surface area contributed by atoms with Crippen LogP contribution < -0.4 is 9.80 Å². The van der Waals surface area contributed by atoms with Gasteiger partial charge in [0.15, 0.2) is 0 Å². The highest BCUT2D eigenvalue weighted by Gasteiger charge is 2.52. The zero-order chi connectivity index (χ0) is 46.2. The Morgan fingerprint density at radius 2 is 0.714 bits per heavy atom. The Kier molecular flexibility index (Phi) is 9.11. The summed E-state index contributed by atoms with van der Waals surface area (Å²) in [6.07, 6.45) is 0. The van der Waals surface area contributed by atoms with Crippen molar-refractivity contribution in [3.63, 3.8) is 0 Å². The second kappa shape index (κ2) is 16.0. The summed E-state index contributed by atoms with van der Waals surface area (Å²) in [6, 6.07) is 100. The van der Waals surface area contributed by atoms with E-state index in [1.807, 2.05) is 0 Å². The molecule has 0 aliphatic heterocycles. The number of nitrogens with zero attached hydrogens (tertiary/aromatic N) is 3. The fourth-order valence-electron chi connectivity index (χ4n) is 11.9. The first kappa shape index (κ1) is 39.9. The monoisotopic (exact) mass is 891 g/mol. The van der Waals surface area contributed by atoms with Crippen LogP contribution in [0, 0.1) is 0 Å². The van der Waals surface area contributed by atoms with Crippen molar-refractivity contribution in [1.82, 2.24) is 4.57 Å². The van der Waals surface area contributed by atoms with Crippen LogP contribution in [0.25, 0.3) is 60.9 Å². The molecule has 70 heavy (non-hydrogen) atoms. The number of anilines is 6. The van der Waals surface area contributed by atoms with Crippen LogP contribution in [0.4, 0.5) is 34.1 Å². The molecule has 0 saturated heterocycles. The van der Waals surface area contributed by atoms with Gasteiger partial charge in [-0.2, -0.15) is 0 Å². The first-order chi connectivity index (χ1) is 34.8. The number of aromatic nitrogens is 1. The lowest BCUT2D eigenvalue weighted by Crippen LogP contribution is -2.26. The van der Waals surface area contributed by atoms with Crippen LogP contribution in [0.3, 0.4) is 0 Å². The zero-order valence-corrected chi connectivity index (χ0v) is 38.3. The maximum Gasteiger partial charge on any atom is 0.0727 e. The van der Waals surface area contributed by atoms with Gasteiger partial charge in [-0.1, -0.05) is 188 Å². The first-order valence-corrected chi connectivity index (χ1v) is 24.2. The Morgan fingerprint density at radius 1 is 0.271 bits per heavy atom. The molecule has 0 saturated carbocycles. The molecular weight excluding hydrogens is 847 g/mol. The standard InChI is InChI=1S/C67H45N3/c1-5-21-46(22-6-1)53-29-15-19-35-64(53)69(48-25-9-3-10-26-48)51-38-41-57-55-31-14-18-34-61(55)67(63(57)44-51)60-33-17-13-30-54(60)56-40-37-50(43-62(56)67)68(47-23-7-2-8-24-47)52-39-42-59-58-32-16-20-36-65(58)70(66(59)45-52)49-27-11-4-12-28-49/h1-45H. The van der Waals surface area contributed by atoms with E-state index in [4.69, 9.17) is 0 Å². The van der Waals surface area contributed by atoms with Crippen LogP contribution in [0.1, 0.15) is 22.3 Å². The molecule has 2 aliphatic rings. The highest BCUT2D eigenvalue weighted by molar-refractivity contribution is 6.10. The molecule has 0 fully saturated rings. The molecule has 12 aromatic rings. The van der Waals surface area contributed by atoms with Crippen LogP contribution in [0.2, 0.25) is 0 Å². The third-order valence-corrected chi connectivity index (χ3v) is 14.8. The molecule has 1 heterocycles. The number of hydrogen-bond donors (Lipinski definition) is 0. The van der Waals surface area contributed by atoms with E-state index in [9.17, 15) is 0 Å². The molecule has 1 aromatic heterocycles. The molecule has 14 rings (SSSR count). The number of hydrogen-bond acceptors (Lipinski definition) is 2. The van der Waals surface area contributed by atoms with Crippen molar-refractivity contribution in [3.05, 3.63) is 295 Å². The topological polar surface area (TPSA) is 11.4 Å². The fourth-order valence-corrected chi connectivity index (χ4v) is 11.9. The lowest BCUT2D eigenvalue weighted by Gasteiger charge is -2.33. The molecule has 2 aliphatic carbocycles. The van der Waals surface area contributed by atoms with Crippen molar-refractivity contribution < 1.29 is 0 Å². The van der Waals surface area contributed by atoms with E-state index in [1.54, 1.807) is 0 Å². The van der Waals surface area contributed by atoms with Gasteiger partial charge in [0.05, 0.1) is 22.1 Å². The van der Waals surface area contributed by atoms with Crippen molar-refractivity contribution in [1.29, 1.82) is 0 Å². The number of para-hydroxylation sites is 5. The second-order valence-electron chi connectivity index (χ2n) is 18.4. The Hall–Kier alpha value is -9.18. The fraction of sp³-hybridized carbons (Fsp3) is 0.0149. The SMILES string of the molecule is c1ccc(-c2ccccc2N(c2ccccc2)c2ccc3c(c2)C2(c4ccccc4-c4ccc(N(c5ccccc5)c5ccc6c7ccccc7n(-c7ccccc7)c6c5)cc42)c2ccccc2-3)cc1. The predicted molar refractivity (Wildman–Crippen MR) is 292 cm³/mol. The van der Waals surface area contributed by atoms with Crippen molar-refractivity contribution in [2.75, 3.05) is 9.80 Å². The van der Waals surface area contributed by atoms with E-state index in [2.05, 4.69) is 287 Å². The summed E-state index contributed by atoms with van der Waals surface area (Å²) in [5, 5.41) is 2.47. The van der Waals surface area contributed by atoms with E-state index in [-0.39, 0.29) is 0 Å². The third-order valence-electron chi connectivity index (χ3n) is 14.8. The highest BCUT2D eigenvalue weighted by Crippen LogP contribution is 2.64. The largest absolute Gasteiger partial charge is 0.310 e. The van der Waals surface area contributed by atoms with Crippen LogP contribution in [-0.2, 0) is 5.41 Å². The van der Waals surface area contributed by atoms with Gasteiger partial charge in [0, 0.05) is 50.5 Å². The predicted octanol–water partition coefficient (Wildman–Crippen LogP) is 17.7. The smallest absolute Gasteiger partial charge is 0.0727 e. The maximum absolute atomic E-state index is 2.50. The molecule has 3 nitrogen and oxygen atoms in total. The molecule has 11 aromatic carbocycles. The summed E-state index contributed by atoms with van der Waals surface area (Å²) in [6.45, 7) is 0. The van der Waals surface area contributed by atoms with E-state index >= 15 is 0 Å². The van der Waals surface area contributed by atoms with Gasteiger partial charge in [0.2, 0.25) is 0 Å². The average Bonchev–Trinajstić information content (AvgIpc) is 4.03. The summed E-state index contributed by atoms with van der Waals surface area (Å²) in [5.41, 5.74) is 22.1. The second-order valence-corrected chi connectivity index (χ2v) is 18.4. The Labute approximate surface area is 408 Å². The molecule has 0 N–H and O–H groups in total. The summed E-state index contributed by atoms with van der Waals surface area (Å²) in [7, 11) is 0. The number of rotatable bonds is 8. The summed E-state index contributed by atoms with van der Waals surface area (Å²) in [4.78, 5) is 4.89. The van der Waals surface area contributed by atoms with Gasteiger partial charge in [0.1, 0.15) is 0 Å². The lowest BCUT2D eigenvalue weighted by molar-refractivity contribution is 0.793. The van der Waals surface area contributed by atoms with Crippen molar-refractivity contribution >= 4 is 55.9 Å². The molecule has 0 bridgehead atoms. The zero-order valence-electron chi connectivity index (χ0n) is 38.3. The highest BCUT2D eigenvalue weighted by atomic mass is 15.2. The van der Waals surface area contributed by atoms with Crippen LogP contribution in [0.15, 0.2) is 273 Å². The quantitative estimate of drug-likeness (QED) is 0.151. The van der Waals surface area contributed by atoms with Crippen molar-refractivity contribution in [2.45, 2.75) is 5.41 Å². The van der Waals surface area contributed by atoms with E-state index < -0.39 is 5.41 Å². The van der Waals surface area contributed by atoms with Crippen LogP contribution in [0.5, 0.6) is 0 Å². The van der Waals surface area contributed by atoms with Crippen LogP contribution >= 0.6 is 0 Å². The summed E-state index contributed by atoms with van der Waals surface area (Å²) >= 11 is 0. The molecule has 0 radical (unpaired) electrons. The molecule has 1 unspecified atom stereocenters. The summed E-state index contributed by atoms with van der Waals surface area (Å²) < 4.78 is 2.41. The first-order valence-electron chi connectivity index (χ1n) is 24.2. The van der Waals surface area contributed by atoms with E-state index in [0.29, 0.717) is 0 Å². The van der Waals surface area contributed by atoms with Gasteiger partial charge >= 0.3 is 0 Å². The molecule has 0 amide bonds. The minimum Gasteiger partial charge on any atom is -0.310 e. The van der Waals surface area contributed by atoms with Crippen molar-refractivity contribution in [2.24, 2.45) is 0 Å². The van der Waals surface area contributed by atoms with Crippen LogP contribution in [-0.4, -0.2) is 4.57 Å². The molecule has 3 heteroatoms. The molecule has 1 atom stereocenters. The van der Waals surface area contributed by atoms with Gasteiger partial charge in [-0.05, 0) is 135 Å². The number of fused-ring (bicyclic) bond motifs is 13. The van der Waals surface area contributed by atoms with Crippen molar-refractivity contribution in [3.8, 4) is 39.1 Å². The Morgan fingerprint density at radius 3 is 1.36 bits per heavy atom. The molecule has 328 valence electrons. The van der Waals surface area contributed by atoms with Gasteiger partial charge in [-0.25, -0.2) is 0 Å². The van der Waals surface area contributed by atoms with Gasteiger partial charge in [-0.3, -0.25) is 0 Å². The van der Waals surface area contributed by atoms with E-state index in [1.165, 1.54) is 77.4 Å². The molecular formula is C67H45N3. The normalized spacial score (nSPS) is 14.1. The Balaban J connectivity index is 1.01. The molecule has 1 spiro atoms. The summed E-state index contributed by atoms with van der Waals surface area (Å²) in [5.74, 6) is 0. The van der Waals surface area contributed by atoms with E-state index in [0.717, 1.165) is 39.8 Å². The van der Waals surface area contributed by atoms with Gasteiger partial charge in [0.25, 0.3) is 0 Å². The van der Waals surface area contributed by atoms with Gasteiger partial charge < -0.3 is 14.4 Å². The average molecular weight is 892 g/mol. The third kappa shape index (κ3) is 5.95. The maximum atomic E-state index is 2.50. The minimum atomic E-state index is -0.600. The van der Waals surface area contributed by atoms with Gasteiger partial charge in [-0.15, -0.1) is 0 Å². The number of benzene rings is 11. The Bertz CT molecular complexity index is 3940. The lowest BCUT2D eigenvalue weighted by atomic mass is 9.70.